The number of carboxylic acids is 1. The fraction of sp³-hybridized carbons (Fsp3) is 0.308. The number of para-hydroxylation sites is 1. The lowest BCUT2D eigenvalue weighted by molar-refractivity contribution is -0.142. The highest BCUT2D eigenvalue weighted by Crippen LogP contribution is 2.07. The van der Waals surface area contributed by atoms with Gasteiger partial charge in [-0.2, -0.15) is 0 Å². The van der Waals surface area contributed by atoms with Gasteiger partial charge in [0.1, 0.15) is 11.8 Å². The predicted octanol–water partition coefficient (Wildman–Crippen LogP) is -0.0997. The first-order valence-corrected chi connectivity index (χ1v) is 5.97. The number of primary amides is 1. The maximum Gasteiger partial charge on any atom is 0.326 e. The van der Waals surface area contributed by atoms with Crippen LogP contribution in [0, 0.1) is 0 Å². The summed E-state index contributed by atoms with van der Waals surface area (Å²) < 4.78 is 5.18. The molecular weight excluding hydrogens is 264 g/mol. The minimum absolute atomic E-state index is 0.0538. The molecule has 0 saturated heterocycles. The molecular formula is C13H16N2O5. The molecule has 1 atom stereocenters. The zero-order valence-electron chi connectivity index (χ0n) is 10.7. The summed E-state index contributed by atoms with van der Waals surface area (Å²) in [6.45, 7) is -0.301. The molecule has 0 spiro atoms. The fourth-order valence-electron chi connectivity index (χ4n) is 1.45. The Morgan fingerprint density at radius 2 is 1.90 bits per heavy atom. The Morgan fingerprint density at radius 3 is 2.45 bits per heavy atom. The van der Waals surface area contributed by atoms with Gasteiger partial charge in [0.2, 0.25) is 5.91 Å². The van der Waals surface area contributed by atoms with Gasteiger partial charge in [0.05, 0.1) is 0 Å². The van der Waals surface area contributed by atoms with Crippen molar-refractivity contribution in [2.75, 3.05) is 6.61 Å². The van der Waals surface area contributed by atoms with Crippen molar-refractivity contribution in [2.45, 2.75) is 18.9 Å². The van der Waals surface area contributed by atoms with Crippen LogP contribution < -0.4 is 15.8 Å². The molecule has 0 fully saturated rings. The Labute approximate surface area is 115 Å². The maximum absolute atomic E-state index is 11.6. The number of hydrogen-bond donors (Lipinski definition) is 3. The largest absolute Gasteiger partial charge is 0.484 e. The molecule has 0 saturated carbocycles. The predicted molar refractivity (Wildman–Crippen MR) is 69.9 cm³/mol. The van der Waals surface area contributed by atoms with Crippen molar-refractivity contribution in [3.05, 3.63) is 30.3 Å². The molecule has 0 aromatic heterocycles. The molecule has 1 aromatic rings. The van der Waals surface area contributed by atoms with Crippen molar-refractivity contribution >= 4 is 17.8 Å². The summed E-state index contributed by atoms with van der Waals surface area (Å²) in [6, 6.07) is 7.50. The lowest BCUT2D eigenvalue weighted by Crippen LogP contribution is -2.43. The number of carbonyl (C=O) groups excluding carboxylic acids is 2. The molecule has 0 aliphatic carbocycles. The first-order valence-electron chi connectivity index (χ1n) is 5.97. The minimum Gasteiger partial charge on any atom is -0.484 e. The third-order valence-corrected chi connectivity index (χ3v) is 2.43. The molecule has 0 aliphatic heterocycles. The number of aliphatic carboxylic acids is 1. The van der Waals surface area contributed by atoms with Gasteiger partial charge in [0.25, 0.3) is 5.91 Å². The summed E-state index contributed by atoms with van der Waals surface area (Å²) in [5, 5.41) is 11.2. The fourth-order valence-corrected chi connectivity index (χ4v) is 1.45. The summed E-state index contributed by atoms with van der Waals surface area (Å²) in [5.41, 5.74) is 4.94. The summed E-state index contributed by atoms with van der Waals surface area (Å²) in [5.74, 6) is -1.91. The van der Waals surface area contributed by atoms with Gasteiger partial charge in [-0.05, 0) is 18.6 Å². The quantitative estimate of drug-likeness (QED) is 0.614. The van der Waals surface area contributed by atoms with Crippen LogP contribution in [0.5, 0.6) is 5.75 Å². The monoisotopic (exact) mass is 280 g/mol. The number of carboxylic acid groups (broad SMARTS) is 1. The molecule has 108 valence electrons. The number of rotatable bonds is 8. The lowest BCUT2D eigenvalue weighted by Gasteiger charge is -2.14. The van der Waals surface area contributed by atoms with E-state index in [4.69, 9.17) is 15.6 Å². The number of benzene rings is 1. The number of ether oxygens (including phenoxy) is 1. The summed E-state index contributed by atoms with van der Waals surface area (Å²) in [6.07, 6.45) is -0.168. The Hall–Kier alpha value is -2.57. The molecule has 0 heterocycles. The average Bonchev–Trinajstić information content (AvgIpc) is 2.41. The zero-order valence-corrected chi connectivity index (χ0v) is 10.7. The molecule has 0 aliphatic rings. The van der Waals surface area contributed by atoms with Crippen molar-refractivity contribution in [2.24, 2.45) is 5.73 Å². The van der Waals surface area contributed by atoms with Gasteiger partial charge in [-0.3, -0.25) is 9.59 Å². The molecule has 4 N–H and O–H groups in total. The Balaban J connectivity index is 2.41. The Kier molecular flexibility index (Phi) is 6.02. The minimum atomic E-state index is -1.22. The molecule has 2 amide bonds. The second-order valence-corrected chi connectivity index (χ2v) is 4.07. The molecule has 0 bridgehead atoms. The molecule has 7 heteroatoms. The van der Waals surface area contributed by atoms with Gasteiger partial charge in [-0.15, -0.1) is 0 Å². The van der Waals surface area contributed by atoms with Gasteiger partial charge < -0.3 is 20.9 Å². The van der Waals surface area contributed by atoms with E-state index in [0.29, 0.717) is 5.75 Å². The first kappa shape index (κ1) is 15.5. The van der Waals surface area contributed by atoms with Crippen LogP contribution in [0.1, 0.15) is 12.8 Å². The molecule has 7 nitrogen and oxygen atoms in total. The van der Waals surface area contributed by atoms with Crippen molar-refractivity contribution in [3.8, 4) is 5.75 Å². The van der Waals surface area contributed by atoms with E-state index in [2.05, 4.69) is 5.32 Å². The Bertz CT molecular complexity index is 475. The van der Waals surface area contributed by atoms with Crippen LogP contribution in [0.15, 0.2) is 30.3 Å². The van der Waals surface area contributed by atoms with Gasteiger partial charge in [-0.1, -0.05) is 18.2 Å². The van der Waals surface area contributed by atoms with Gasteiger partial charge >= 0.3 is 5.97 Å². The van der Waals surface area contributed by atoms with Crippen molar-refractivity contribution in [3.63, 3.8) is 0 Å². The van der Waals surface area contributed by atoms with Crippen LogP contribution in [0.4, 0.5) is 0 Å². The van der Waals surface area contributed by atoms with E-state index in [1.54, 1.807) is 30.3 Å². The zero-order chi connectivity index (χ0) is 15.0. The average molecular weight is 280 g/mol. The molecule has 20 heavy (non-hydrogen) atoms. The molecule has 1 rings (SSSR count). The van der Waals surface area contributed by atoms with E-state index in [-0.39, 0.29) is 19.4 Å². The van der Waals surface area contributed by atoms with E-state index in [1.165, 1.54) is 0 Å². The summed E-state index contributed by atoms with van der Waals surface area (Å²) in [7, 11) is 0. The van der Waals surface area contributed by atoms with Gasteiger partial charge in [0.15, 0.2) is 6.61 Å². The maximum atomic E-state index is 11.6. The first-order chi connectivity index (χ1) is 9.49. The normalized spacial score (nSPS) is 11.4. The highest BCUT2D eigenvalue weighted by molar-refractivity contribution is 5.85. The van der Waals surface area contributed by atoms with E-state index >= 15 is 0 Å². The third kappa shape index (κ3) is 5.85. The number of nitrogens with two attached hydrogens (primary N) is 1. The number of amides is 2. The van der Waals surface area contributed by atoms with Crippen LogP contribution in [0.3, 0.4) is 0 Å². The number of nitrogens with one attached hydrogen (secondary N) is 1. The van der Waals surface area contributed by atoms with Crippen LogP contribution in [-0.2, 0) is 14.4 Å². The van der Waals surface area contributed by atoms with E-state index < -0.39 is 23.8 Å². The van der Waals surface area contributed by atoms with E-state index in [0.717, 1.165) is 0 Å². The van der Waals surface area contributed by atoms with Crippen LogP contribution >= 0.6 is 0 Å². The molecule has 0 unspecified atom stereocenters. The topological polar surface area (TPSA) is 119 Å². The van der Waals surface area contributed by atoms with E-state index in [9.17, 15) is 14.4 Å². The summed E-state index contributed by atoms with van der Waals surface area (Å²) >= 11 is 0. The second kappa shape index (κ2) is 7.78. The van der Waals surface area contributed by atoms with Crippen molar-refractivity contribution in [1.29, 1.82) is 0 Å². The smallest absolute Gasteiger partial charge is 0.326 e. The van der Waals surface area contributed by atoms with Gasteiger partial charge in [-0.25, -0.2) is 4.79 Å². The van der Waals surface area contributed by atoms with Crippen molar-refractivity contribution in [1.82, 2.24) is 5.32 Å². The lowest BCUT2D eigenvalue weighted by atomic mass is 10.1. The number of carbonyl (C=O) groups is 3. The third-order valence-electron chi connectivity index (χ3n) is 2.43. The standard InChI is InChI=1S/C13H16N2O5/c14-11(16)7-6-10(13(18)19)15-12(17)8-20-9-4-2-1-3-5-9/h1-5,10H,6-8H2,(H2,14,16)(H,15,17)(H,18,19)/t10-/m1/s1. The van der Waals surface area contributed by atoms with Gasteiger partial charge in [0, 0.05) is 6.42 Å². The Morgan fingerprint density at radius 1 is 1.25 bits per heavy atom. The highest BCUT2D eigenvalue weighted by Gasteiger charge is 2.20. The highest BCUT2D eigenvalue weighted by atomic mass is 16.5. The molecule has 1 aromatic carbocycles. The van der Waals surface area contributed by atoms with Crippen molar-refractivity contribution < 1.29 is 24.2 Å². The SMILES string of the molecule is NC(=O)CC[C@@H](NC(=O)COc1ccccc1)C(=O)O. The van der Waals surface area contributed by atoms with Crippen LogP contribution in [0.2, 0.25) is 0 Å². The molecule has 0 radical (unpaired) electrons. The number of hydrogen-bond acceptors (Lipinski definition) is 4. The summed E-state index contributed by atoms with van der Waals surface area (Å²) in [4.78, 5) is 33.1. The van der Waals surface area contributed by atoms with Crippen LogP contribution in [0.25, 0.3) is 0 Å². The van der Waals surface area contributed by atoms with E-state index in [1.807, 2.05) is 0 Å². The van der Waals surface area contributed by atoms with Crippen LogP contribution in [-0.4, -0.2) is 35.5 Å². The second-order valence-electron chi connectivity index (χ2n) is 4.07.